The van der Waals surface area contributed by atoms with Crippen LogP contribution in [0.1, 0.15) is 51.9 Å². The molecule has 0 spiro atoms. The molecule has 6 nitrogen and oxygen atoms in total. The zero-order valence-electron chi connectivity index (χ0n) is 13.0. The Bertz CT molecular complexity index is 417. The number of methoxy groups -OCH3 is 1. The first kappa shape index (κ1) is 18.4. The molecule has 1 fully saturated rings. The second-order valence-electron chi connectivity index (χ2n) is 5.90. The molecule has 21 heavy (non-hydrogen) atoms. The van der Waals surface area contributed by atoms with E-state index in [1.165, 1.54) is 7.11 Å². The molecule has 0 aromatic carbocycles. The van der Waals surface area contributed by atoms with Gasteiger partial charge < -0.3 is 10.5 Å². The van der Waals surface area contributed by atoms with Gasteiger partial charge in [-0.15, -0.1) is 0 Å². The maximum atomic E-state index is 12.4. The van der Waals surface area contributed by atoms with Crippen LogP contribution >= 0.6 is 0 Å². The van der Waals surface area contributed by atoms with Gasteiger partial charge in [-0.2, -0.15) is 0 Å². The number of carbonyl (C=O) groups excluding carboxylic acids is 1. The third kappa shape index (κ3) is 5.92. The van der Waals surface area contributed by atoms with Crippen molar-refractivity contribution in [3.8, 4) is 0 Å². The summed E-state index contributed by atoms with van der Waals surface area (Å²) in [6.07, 6.45) is 5.03. The van der Waals surface area contributed by atoms with Gasteiger partial charge in [-0.3, -0.25) is 4.79 Å². The summed E-state index contributed by atoms with van der Waals surface area (Å²) in [6, 6.07) is -0.800. The van der Waals surface area contributed by atoms with Gasteiger partial charge in [0.15, 0.2) is 0 Å². The predicted octanol–water partition coefficient (Wildman–Crippen LogP) is 1.16. The molecule has 1 unspecified atom stereocenters. The number of rotatable bonds is 8. The number of nitrogens with one attached hydrogen (secondary N) is 1. The van der Waals surface area contributed by atoms with E-state index < -0.39 is 27.3 Å². The molecule has 0 aromatic rings. The standard InChI is InChI=1S/C14H28N2O4S/c1-11-6-8-12(9-7-11)21(18,19)16-13(14(17)20-2)5-3-4-10-15/h11-13,16H,3-10,15H2,1-2H3. The average Bonchev–Trinajstić information content (AvgIpc) is 2.46. The lowest BCUT2D eigenvalue weighted by Crippen LogP contribution is -2.46. The molecule has 0 heterocycles. The molecule has 3 N–H and O–H groups in total. The molecule has 7 heteroatoms. The fourth-order valence-electron chi connectivity index (χ4n) is 2.69. The van der Waals surface area contributed by atoms with E-state index >= 15 is 0 Å². The average molecular weight is 320 g/mol. The highest BCUT2D eigenvalue weighted by molar-refractivity contribution is 7.90. The van der Waals surface area contributed by atoms with Crippen molar-refractivity contribution in [3.63, 3.8) is 0 Å². The first-order valence-corrected chi connectivity index (χ1v) is 9.24. The van der Waals surface area contributed by atoms with Crippen LogP contribution in [0.3, 0.4) is 0 Å². The molecule has 1 saturated carbocycles. The number of hydrogen-bond donors (Lipinski definition) is 2. The van der Waals surface area contributed by atoms with Gasteiger partial charge in [0.1, 0.15) is 6.04 Å². The number of unbranched alkanes of at least 4 members (excludes halogenated alkanes) is 1. The van der Waals surface area contributed by atoms with E-state index in [1.54, 1.807) is 0 Å². The third-order valence-corrected chi connectivity index (χ3v) is 6.10. The second-order valence-corrected chi connectivity index (χ2v) is 7.90. The molecule has 0 aromatic heterocycles. The van der Waals surface area contributed by atoms with Crippen molar-refractivity contribution in [3.05, 3.63) is 0 Å². The quantitative estimate of drug-likeness (QED) is 0.516. The van der Waals surface area contributed by atoms with Gasteiger partial charge in [0.25, 0.3) is 0 Å². The molecule has 0 aliphatic heterocycles. The molecule has 1 aliphatic carbocycles. The van der Waals surface area contributed by atoms with Gasteiger partial charge in [0.05, 0.1) is 12.4 Å². The van der Waals surface area contributed by atoms with E-state index in [0.717, 1.165) is 19.3 Å². The summed E-state index contributed by atoms with van der Waals surface area (Å²) in [7, 11) is -2.21. The minimum absolute atomic E-state index is 0.393. The monoisotopic (exact) mass is 320 g/mol. The van der Waals surface area contributed by atoms with Crippen LogP contribution < -0.4 is 10.5 Å². The molecule has 1 rings (SSSR count). The molecule has 1 atom stereocenters. The zero-order chi connectivity index (χ0) is 15.9. The Morgan fingerprint density at radius 1 is 1.29 bits per heavy atom. The Balaban J connectivity index is 2.64. The summed E-state index contributed by atoms with van der Waals surface area (Å²) in [5.41, 5.74) is 5.43. The normalized spacial score (nSPS) is 24.5. The van der Waals surface area contributed by atoms with E-state index in [4.69, 9.17) is 10.5 Å². The summed E-state index contributed by atoms with van der Waals surface area (Å²) in [5, 5.41) is -0.393. The van der Waals surface area contributed by atoms with Gasteiger partial charge in [-0.05, 0) is 51.0 Å². The largest absolute Gasteiger partial charge is 0.468 e. The van der Waals surface area contributed by atoms with Crippen molar-refractivity contribution >= 4 is 16.0 Å². The second kappa shape index (κ2) is 8.70. The van der Waals surface area contributed by atoms with Gasteiger partial charge in [0, 0.05) is 0 Å². The van der Waals surface area contributed by atoms with Crippen molar-refractivity contribution < 1.29 is 17.9 Å². The van der Waals surface area contributed by atoms with Crippen LogP contribution in [-0.2, 0) is 19.6 Å². The van der Waals surface area contributed by atoms with E-state index in [-0.39, 0.29) is 0 Å². The number of ether oxygens (including phenoxy) is 1. The lowest BCUT2D eigenvalue weighted by atomic mass is 9.91. The van der Waals surface area contributed by atoms with Gasteiger partial charge in [-0.25, -0.2) is 13.1 Å². The van der Waals surface area contributed by atoms with Crippen molar-refractivity contribution in [2.75, 3.05) is 13.7 Å². The lowest BCUT2D eigenvalue weighted by Gasteiger charge is -2.27. The van der Waals surface area contributed by atoms with Crippen LogP contribution in [0.25, 0.3) is 0 Å². The maximum Gasteiger partial charge on any atom is 0.323 e. The SMILES string of the molecule is COC(=O)C(CCCCN)NS(=O)(=O)C1CCC(C)CC1. The lowest BCUT2D eigenvalue weighted by molar-refractivity contribution is -0.142. The van der Waals surface area contributed by atoms with Crippen LogP contribution in [0.5, 0.6) is 0 Å². The smallest absolute Gasteiger partial charge is 0.323 e. The highest BCUT2D eigenvalue weighted by Crippen LogP contribution is 2.27. The van der Waals surface area contributed by atoms with E-state index in [1.807, 2.05) is 0 Å². The Labute approximate surface area is 127 Å². The molecule has 0 saturated heterocycles. The van der Waals surface area contributed by atoms with Crippen molar-refractivity contribution in [1.82, 2.24) is 4.72 Å². The summed E-state index contributed by atoms with van der Waals surface area (Å²) in [5.74, 6) is 0.0529. The Hall–Kier alpha value is -0.660. The summed E-state index contributed by atoms with van der Waals surface area (Å²) in [4.78, 5) is 11.7. The summed E-state index contributed by atoms with van der Waals surface area (Å²) in [6.45, 7) is 2.67. The topological polar surface area (TPSA) is 98.5 Å². The first-order chi connectivity index (χ1) is 9.90. The first-order valence-electron chi connectivity index (χ1n) is 7.69. The molecule has 124 valence electrons. The van der Waals surface area contributed by atoms with Crippen LogP contribution in [0.2, 0.25) is 0 Å². The van der Waals surface area contributed by atoms with Crippen LogP contribution in [0.4, 0.5) is 0 Å². The fraction of sp³-hybridized carbons (Fsp3) is 0.929. The van der Waals surface area contributed by atoms with Crippen molar-refractivity contribution in [1.29, 1.82) is 0 Å². The van der Waals surface area contributed by atoms with E-state index in [0.29, 0.717) is 38.1 Å². The van der Waals surface area contributed by atoms with Crippen LogP contribution in [0, 0.1) is 5.92 Å². The van der Waals surface area contributed by atoms with E-state index in [9.17, 15) is 13.2 Å². The van der Waals surface area contributed by atoms with E-state index in [2.05, 4.69) is 11.6 Å². The Morgan fingerprint density at radius 3 is 2.43 bits per heavy atom. The number of hydrogen-bond acceptors (Lipinski definition) is 5. The number of carbonyl (C=O) groups is 1. The van der Waals surface area contributed by atoms with Crippen LogP contribution in [0.15, 0.2) is 0 Å². The third-order valence-electron chi connectivity index (χ3n) is 4.14. The Morgan fingerprint density at radius 2 is 1.90 bits per heavy atom. The molecular weight excluding hydrogens is 292 g/mol. The van der Waals surface area contributed by atoms with Gasteiger partial charge in [0.2, 0.25) is 10.0 Å². The van der Waals surface area contributed by atoms with Gasteiger partial charge >= 0.3 is 5.97 Å². The fourth-order valence-corrected chi connectivity index (χ4v) is 4.39. The zero-order valence-corrected chi connectivity index (χ0v) is 13.8. The molecule has 0 amide bonds. The highest BCUT2D eigenvalue weighted by atomic mass is 32.2. The van der Waals surface area contributed by atoms with Crippen molar-refractivity contribution in [2.24, 2.45) is 11.7 Å². The number of esters is 1. The van der Waals surface area contributed by atoms with Crippen LogP contribution in [-0.4, -0.2) is 39.3 Å². The molecule has 0 radical (unpaired) electrons. The van der Waals surface area contributed by atoms with Gasteiger partial charge in [-0.1, -0.05) is 13.3 Å². The molecular formula is C14H28N2O4S. The minimum Gasteiger partial charge on any atom is -0.468 e. The molecule has 0 bridgehead atoms. The minimum atomic E-state index is -3.48. The number of sulfonamides is 1. The summed E-state index contributed by atoms with van der Waals surface area (Å²) >= 11 is 0. The number of nitrogens with two attached hydrogens (primary N) is 1. The van der Waals surface area contributed by atoms with Crippen molar-refractivity contribution in [2.45, 2.75) is 63.2 Å². The molecule has 1 aliphatic rings. The maximum absolute atomic E-state index is 12.4. The predicted molar refractivity (Wildman–Crippen MR) is 82.2 cm³/mol. The summed E-state index contributed by atoms with van der Waals surface area (Å²) < 4.78 is 32.1. The highest BCUT2D eigenvalue weighted by Gasteiger charge is 2.33. The Kier molecular flexibility index (Phi) is 7.62.